The van der Waals surface area contributed by atoms with Crippen LogP contribution < -0.4 is 5.73 Å². The molecule has 3 heterocycles. The van der Waals surface area contributed by atoms with Gasteiger partial charge in [-0.3, -0.25) is 9.78 Å². The summed E-state index contributed by atoms with van der Waals surface area (Å²) >= 11 is 0. The van der Waals surface area contributed by atoms with Crippen molar-refractivity contribution in [2.24, 2.45) is 12.8 Å². The van der Waals surface area contributed by atoms with Gasteiger partial charge >= 0.3 is 0 Å². The normalized spacial score (nSPS) is 12.1. The van der Waals surface area contributed by atoms with E-state index in [1.54, 1.807) is 6.20 Å². The average Bonchev–Trinajstić information content (AvgIpc) is 3.45. The highest BCUT2D eigenvalue weighted by Gasteiger charge is 2.27. The number of amides is 1. The first kappa shape index (κ1) is 21.6. The van der Waals surface area contributed by atoms with Crippen molar-refractivity contribution >= 4 is 16.8 Å². The third-order valence-electron chi connectivity index (χ3n) is 6.34. The lowest BCUT2D eigenvalue weighted by atomic mass is 9.89. The zero-order valence-corrected chi connectivity index (χ0v) is 19.0. The van der Waals surface area contributed by atoms with Crippen LogP contribution in [0.5, 0.6) is 0 Å². The smallest absolute Gasteiger partial charge is 0.267 e. The number of nitrogens with one attached hydrogen (secondary N) is 1. The van der Waals surface area contributed by atoms with Gasteiger partial charge < -0.3 is 15.3 Å². The highest BCUT2D eigenvalue weighted by molar-refractivity contribution is 5.92. The first-order valence-electron chi connectivity index (χ1n) is 11.3. The summed E-state index contributed by atoms with van der Waals surface area (Å²) in [6, 6.07) is 22.3. The minimum Gasteiger partial charge on any atom is -0.364 e. The van der Waals surface area contributed by atoms with Gasteiger partial charge in [-0.2, -0.15) is 0 Å². The van der Waals surface area contributed by atoms with Crippen molar-refractivity contribution in [2.45, 2.75) is 25.2 Å². The Bertz CT molecular complexity index is 1440. The maximum absolute atomic E-state index is 12.2. The third kappa shape index (κ3) is 4.20. The van der Waals surface area contributed by atoms with Gasteiger partial charge in [0.2, 0.25) is 0 Å². The molecule has 0 saturated heterocycles. The van der Waals surface area contributed by atoms with Crippen molar-refractivity contribution in [2.75, 3.05) is 0 Å². The number of benzene rings is 2. The first-order valence-corrected chi connectivity index (χ1v) is 11.3. The molecule has 2 aromatic carbocycles. The molecule has 7 heteroatoms. The molecule has 0 fully saturated rings. The molecule has 1 amide bonds. The fourth-order valence-electron chi connectivity index (χ4n) is 4.56. The Balaban J connectivity index is 1.54. The molecule has 0 saturated carbocycles. The number of aromatic amines is 1. The molecular formula is C27H26N6O. The predicted molar refractivity (Wildman–Crippen MR) is 131 cm³/mol. The number of aromatic nitrogens is 5. The van der Waals surface area contributed by atoms with E-state index in [0.29, 0.717) is 6.42 Å². The van der Waals surface area contributed by atoms with E-state index in [9.17, 15) is 4.79 Å². The molecule has 3 N–H and O–H groups in total. The zero-order valence-electron chi connectivity index (χ0n) is 19.0. The Labute approximate surface area is 197 Å². The zero-order chi connectivity index (χ0) is 23.5. The minimum absolute atomic E-state index is 0.238. The number of carbonyl (C=O) groups excluding carboxylic acids is 1. The van der Waals surface area contributed by atoms with E-state index in [1.807, 2.05) is 60.3 Å². The highest BCUT2D eigenvalue weighted by atomic mass is 16.1. The van der Waals surface area contributed by atoms with Crippen LogP contribution in [0, 0.1) is 0 Å². The number of nitrogens with two attached hydrogens (primary N) is 1. The summed E-state index contributed by atoms with van der Waals surface area (Å²) in [5, 5.41) is 10.2. The second-order valence-corrected chi connectivity index (χ2v) is 8.44. The number of H-pyrrole nitrogens is 1. The van der Waals surface area contributed by atoms with Gasteiger partial charge in [0.1, 0.15) is 17.3 Å². The second-order valence-electron chi connectivity index (χ2n) is 8.44. The van der Waals surface area contributed by atoms with E-state index in [1.165, 1.54) is 5.56 Å². The molecule has 1 atom stereocenters. The summed E-state index contributed by atoms with van der Waals surface area (Å²) in [6.45, 7) is 0. The van der Waals surface area contributed by atoms with E-state index in [4.69, 9.17) is 5.73 Å². The topological polar surface area (TPSA) is 102 Å². The number of aryl methyl sites for hydroxylation is 2. The number of hydrogen-bond acceptors (Lipinski definition) is 4. The van der Waals surface area contributed by atoms with Crippen LogP contribution in [0.25, 0.3) is 10.9 Å². The van der Waals surface area contributed by atoms with Crippen LogP contribution >= 0.6 is 0 Å². The number of hydrogen-bond donors (Lipinski definition) is 2. The standard InChI is InChI=1S/C27H26N6O/c1-33-24(14-13-18-8-3-2-4-9-18)31-32-27(33)22(21-11-7-15-29-25(21)26(28)34)16-19-17-30-23-12-6-5-10-20(19)23/h2-12,15,17,22,30H,13-14,16H2,1H3,(H2,28,34)/t22-/m1/s1. The molecule has 0 radical (unpaired) electrons. The molecule has 0 aliphatic rings. The minimum atomic E-state index is -0.550. The number of para-hydroxylation sites is 1. The van der Waals surface area contributed by atoms with Crippen molar-refractivity contribution in [3.05, 3.63) is 113 Å². The summed E-state index contributed by atoms with van der Waals surface area (Å²) in [7, 11) is 1.98. The van der Waals surface area contributed by atoms with Gasteiger partial charge in [0.25, 0.3) is 5.91 Å². The Hall–Kier alpha value is -4.26. The van der Waals surface area contributed by atoms with Crippen molar-refractivity contribution < 1.29 is 4.79 Å². The molecular weight excluding hydrogens is 424 g/mol. The van der Waals surface area contributed by atoms with Crippen LogP contribution in [0.2, 0.25) is 0 Å². The number of carbonyl (C=O) groups is 1. The van der Waals surface area contributed by atoms with E-state index < -0.39 is 5.91 Å². The van der Waals surface area contributed by atoms with Crippen molar-refractivity contribution in [1.82, 2.24) is 24.7 Å². The Morgan fingerprint density at radius 3 is 2.62 bits per heavy atom. The monoisotopic (exact) mass is 450 g/mol. The fraction of sp³-hybridized carbons (Fsp3) is 0.185. The number of primary amides is 1. The second kappa shape index (κ2) is 9.31. The SMILES string of the molecule is Cn1c(CCc2ccccc2)nnc1[C@H](Cc1c[nH]c2ccccc12)c1cccnc1C(N)=O. The van der Waals surface area contributed by atoms with Crippen LogP contribution in [-0.4, -0.2) is 30.6 Å². The maximum atomic E-state index is 12.2. The van der Waals surface area contributed by atoms with Crippen LogP contribution in [0.1, 0.15) is 44.7 Å². The Morgan fingerprint density at radius 1 is 1.00 bits per heavy atom. The number of fused-ring (bicyclic) bond motifs is 1. The van der Waals surface area contributed by atoms with Crippen molar-refractivity contribution in [3.63, 3.8) is 0 Å². The summed E-state index contributed by atoms with van der Waals surface area (Å²) in [6.07, 6.45) is 5.88. The lowest BCUT2D eigenvalue weighted by Crippen LogP contribution is -2.20. The quantitative estimate of drug-likeness (QED) is 0.374. The van der Waals surface area contributed by atoms with E-state index >= 15 is 0 Å². The predicted octanol–water partition coefficient (Wildman–Crippen LogP) is 3.95. The maximum Gasteiger partial charge on any atom is 0.267 e. The Morgan fingerprint density at radius 2 is 1.79 bits per heavy atom. The fourth-order valence-corrected chi connectivity index (χ4v) is 4.56. The third-order valence-corrected chi connectivity index (χ3v) is 6.34. The summed E-state index contributed by atoms with van der Waals surface area (Å²) in [5.74, 6) is 0.889. The molecule has 170 valence electrons. The van der Waals surface area contributed by atoms with Crippen LogP contribution in [0.15, 0.2) is 79.1 Å². The van der Waals surface area contributed by atoms with E-state index in [0.717, 1.165) is 46.5 Å². The Kier molecular flexibility index (Phi) is 5.91. The van der Waals surface area contributed by atoms with Crippen molar-refractivity contribution in [3.8, 4) is 0 Å². The largest absolute Gasteiger partial charge is 0.364 e. The molecule has 0 unspecified atom stereocenters. The van der Waals surface area contributed by atoms with Crippen molar-refractivity contribution in [1.29, 1.82) is 0 Å². The molecule has 0 aliphatic heterocycles. The number of nitrogens with zero attached hydrogens (tertiary/aromatic N) is 4. The molecule has 0 spiro atoms. The van der Waals surface area contributed by atoms with Crippen LogP contribution in [-0.2, 0) is 26.3 Å². The molecule has 7 nitrogen and oxygen atoms in total. The van der Waals surface area contributed by atoms with Crippen LogP contribution in [0.3, 0.4) is 0 Å². The van der Waals surface area contributed by atoms with E-state index in [-0.39, 0.29) is 11.6 Å². The van der Waals surface area contributed by atoms with Gasteiger partial charge in [0, 0.05) is 36.8 Å². The van der Waals surface area contributed by atoms with Gasteiger partial charge in [-0.1, -0.05) is 54.6 Å². The first-order chi connectivity index (χ1) is 16.6. The van der Waals surface area contributed by atoms with Gasteiger partial charge in [-0.25, -0.2) is 0 Å². The molecule has 5 rings (SSSR count). The van der Waals surface area contributed by atoms with Gasteiger partial charge in [0.05, 0.1) is 5.92 Å². The van der Waals surface area contributed by atoms with Gasteiger partial charge in [-0.15, -0.1) is 10.2 Å². The molecule has 3 aromatic heterocycles. The molecule has 34 heavy (non-hydrogen) atoms. The summed E-state index contributed by atoms with van der Waals surface area (Å²) < 4.78 is 2.04. The lowest BCUT2D eigenvalue weighted by molar-refractivity contribution is 0.0994. The average molecular weight is 451 g/mol. The molecule has 5 aromatic rings. The summed E-state index contributed by atoms with van der Waals surface area (Å²) in [5.41, 5.74) is 10.2. The highest BCUT2D eigenvalue weighted by Crippen LogP contribution is 2.32. The number of pyridine rings is 1. The molecule has 0 aliphatic carbocycles. The lowest BCUT2D eigenvalue weighted by Gasteiger charge is -2.19. The number of rotatable bonds is 8. The van der Waals surface area contributed by atoms with Gasteiger partial charge in [0.15, 0.2) is 0 Å². The van der Waals surface area contributed by atoms with E-state index in [2.05, 4.69) is 44.4 Å². The molecule has 0 bridgehead atoms. The summed E-state index contributed by atoms with van der Waals surface area (Å²) in [4.78, 5) is 19.9. The van der Waals surface area contributed by atoms with Crippen LogP contribution in [0.4, 0.5) is 0 Å². The van der Waals surface area contributed by atoms with Gasteiger partial charge in [-0.05, 0) is 41.7 Å².